The summed E-state index contributed by atoms with van der Waals surface area (Å²) >= 11 is 0. The maximum atomic E-state index is 13.0. The van der Waals surface area contributed by atoms with Gasteiger partial charge in [-0.15, -0.1) is 0 Å². The first kappa shape index (κ1) is 22.6. The number of carbonyl (C=O) groups is 2. The second-order valence-electron chi connectivity index (χ2n) is 6.16. The highest BCUT2D eigenvalue weighted by molar-refractivity contribution is 5.96. The number of amides is 1. The minimum absolute atomic E-state index is 0.0928. The number of nitro benzene ring substituents is 1. The molecule has 0 saturated carbocycles. The molecule has 160 valence electrons. The molecule has 0 saturated heterocycles. The molecule has 0 fully saturated rings. The van der Waals surface area contributed by atoms with Gasteiger partial charge in [0.05, 0.1) is 24.7 Å². The number of nitro groups is 1. The number of benzene rings is 2. The minimum atomic E-state index is -1.05. The number of rotatable bonds is 9. The molecule has 9 nitrogen and oxygen atoms in total. The summed E-state index contributed by atoms with van der Waals surface area (Å²) in [5.74, 6) is -1.75. The number of ether oxygens (including phenoxy) is 3. The molecule has 0 aromatic heterocycles. The molecule has 1 amide bonds. The molecule has 10 heteroatoms. The SMILES string of the molecule is CCOc1cc(C(=O)OCC(=O)N(C)Cc2ccc(F)cc2)c([N+](=O)[O-])cc1OC. The molecule has 0 radical (unpaired) electrons. The first-order chi connectivity index (χ1) is 14.3. The Morgan fingerprint density at radius 2 is 1.83 bits per heavy atom. The van der Waals surface area contributed by atoms with Crippen LogP contribution >= 0.6 is 0 Å². The molecule has 30 heavy (non-hydrogen) atoms. The molecule has 0 atom stereocenters. The van der Waals surface area contributed by atoms with E-state index < -0.39 is 34.9 Å². The number of nitrogens with zero attached hydrogens (tertiary/aromatic N) is 2. The normalized spacial score (nSPS) is 10.3. The van der Waals surface area contributed by atoms with E-state index in [-0.39, 0.29) is 30.2 Å². The predicted molar refractivity (Wildman–Crippen MR) is 104 cm³/mol. The topological polar surface area (TPSA) is 108 Å². The summed E-state index contributed by atoms with van der Waals surface area (Å²) in [4.78, 5) is 36.5. The van der Waals surface area contributed by atoms with Crippen molar-refractivity contribution in [2.75, 3.05) is 27.4 Å². The van der Waals surface area contributed by atoms with Crippen molar-refractivity contribution in [2.24, 2.45) is 0 Å². The number of likely N-dealkylation sites (N-methyl/N-ethyl adjacent to an activating group) is 1. The smallest absolute Gasteiger partial charge is 0.345 e. The van der Waals surface area contributed by atoms with Gasteiger partial charge in [-0.1, -0.05) is 12.1 Å². The van der Waals surface area contributed by atoms with Crippen molar-refractivity contribution in [1.82, 2.24) is 4.90 Å². The van der Waals surface area contributed by atoms with Crippen LogP contribution in [-0.4, -0.2) is 49.1 Å². The average molecular weight is 420 g/mol. The summed E-state index contributed by atoms with van der Waals surface area (Å²) in [6, 6.07) is 7.81. The number of esters is 1. The summed E-state index contributed by atoms with van der Waals surface area (Å²) in [5, 5.41) is 11.3. The van der Waals surface area contributed by atoms with E-state index >= 15 is 0 Å². The molecular weight excluding hydrogens is 399 g/mol. The summed E-state index contributed by atoms with van der Waals surface area (Å²) in [6.07, 6.45) is 0. The second kappa shape index (κ2) is 10.2. The van der Waals surface area contributed by atoms with Gasteiger partial charge in [0.15, 0.2) is 18.1 Å². The fraction of sp³-hybridized carbons (Fsp3) is 0.300. The Bertz CT molecular complexity index is 931. The van der Waals surface area contributed by atoms with Crippen LogP contribution in [0, 0.1) is 15.9 Å². The predicted octanol–water partition coefficient (Wildman–Crippen LogP) is 2.96. The van der Waals surface area contributed by atoms with E-state index in [1.165, 1.54) is 43.3 Å². The molecular formula is C20H21FN2O7. The first-order valence-electron chi connectivity index (χ1n) is 8.91. The lowest BCUT2D eigenvalue weighted by atomic mass is 10.1. The minimum Gasteiger partial charge on any atom is -0.493 e. The van der Waals surface area contributed by atoms with Gasteiger partial charge in [-0.3, -0.25) is 14.9 Å². The van der Waals surface area contributed by atoms with Crippen LogP contribution in [0.5, 0.6) is 11.5 Å². The molecule has 2 rings (SSSR count). The molecule has 2 aromatic rings. The van der Waals surface area contributed by atoms with Gasteiger partial charge in [0.25, 0.3) is 11.6 Å². The Morgan fingerprint density at radius 1 is 1.17 bits per heavy atom. The quantitative estimate of drug-likeness (QED) is 0.349. The van der Waals surface area contributed by atoms with Gasteiger partial charge in [-0.2, -0.15) is 0 Å². The summed E-state index contributed by atoms with van der Waals surface area (Å²) in [7, 11) is 2.80. The largest absolute Gasteiger partial charge is 0.493 e. The van der Waals surface area contributed by atoms with Crippen LogP contribution < -0.4 is 9.47 Å². The van der Waals surface area contributed by atoms with Crippen LogP contribution in [0.4, 0.5) is 10.1 Å². The van der Waals surface area contributed by atoms with Gasteiger partial charge in [-0.25, -0.2) is 9.18 Å². The average Bonchev–Trinajstić information content (AvgIpc) is 2.73. The molecule has 0 bridgehead atoms. The van der Waals surface area contributed by atoms with Crippen molar-refractivity contribution in [2.45, 2.75) is 13.5 Å². The third-order valence-corrected chi connectivity index (χ3v) is 4.08. The van der Waals surface area contributed by atoms with Gasteiger partial charge in [0, 0.05) is 19.7 Å². The van der Waals surface area contributed by atoms with Crippen LogP contribution in [0.15, 0.2) is 36.4 Å². The molecule has 0 aliphatic rings. The van der Waals surface area contributed by atoms with Crippen LogP contribution in [0.25, 0.3) is 0 Å². The van der Waals surface area contributed by atoms with Crippen molar-refractivity contribution in [3.63, 3.8) is 0 Å². The van der Waals surface area contributed by atoms with Gasteiger partial charge < -0.3 is 19.1 Å². The van der Waals surface area contributed by atoms with E-state index in [1.54, 1.807) is 6.92 Å². The molecule has 0 unspecified atom stereocenters. The monoisotopic (exact) mass is 420 g/mol. The summed E-state index contributed by atoms with van der Waals surface area (Å²) in [5.41, 5.74) is -0.212. The number of carbonyl (C=O) groups excluding carboxylic acids is 2. The third kappa shape index (κ3) is 5.66. The molecule has 0 N–H and O–H groups in total. The molecule has 0 aliphatic heterocycles. The van der Waals surface area contributed by atoms with E-state index in [2.05, 4.69) is 0 Å². The Hall–Kier alpha value is -3.69. The molecule has 0 spiro atoms. The van der Waals surface area contributed by atoms with Gasteiger partial charge >= 0.3 is 5.97 Å². The van der Waals surface area contributed by atoms with Gasteiger partial charge in [-0.05, 0) is 24.6 Å². The summed E-state index contributed by atoms with van der Waals surface area (Å²) < 4.78 is 28.3. The highest BCUT2D eigenvalue weighted by Crippen LogP contribution is 2.35. The van der Waals surface area contributed by atoms with E-state index in [0.717, 1.165) is 12.1 Å². The van der Waals surface area contributed by atoms with E-state index in [1.807, 2.05) is 0 Å². The molecule has 0 heterocycles. The van der Waals surface area contributed by atoms with E-state index in [9.17, 15) is 24.1 Å². The maximum absolute atomic E-state index is 13.0. The fourth-order valence-electron chi connectivity index (χ4n) is 2.56. The maximum Gasteiger partial charge on any atom is 0.345 e. The van der Waals surface area contributed by atoms with Crippen molar-refractivity contribution in [3.8, 4) is 11.5 Å². The van der Waals surface area contributed by atoms with E-state index in [4.69, 9.17) is 14.2 Å². The van der Waals surface area contributed by atoms with Crippen LogP contribution in [0.1, 0.15) is 22.8 Å². The zero-order valence-electron chi connectivity index (χ0n) is 16.7. The van der Waals surface area contributed by atoms with Crippen LogP contribution in [-0.2, 0) is 16.1 Å². The van der Waals surface area contributed by atoms with Crippen LogP contribution in [0.2, 0.25) is 0 Å². The Morgan fingerprint density at radius 3 is 2.40 bits per heavy atom. The molecule has 2 aromatic carbocycles. The Kier molecular flexibility index (Phi) is 7.68. The van der Waals surface area contributed by atoms with Gasteiger partial charge in [0.1, 0.15) is 11.4 Å². The highest BCUT2D eigenvalue weighted by atomic mass is 19.1. The third-order valence-electron chi connectivity index (χ3n) is 4.08. The number of hydrogen-bond acceptors (Lipinski definition) is 7. The first-order valence-corrected chi connectivity index (χ1v) is 8.91. The van der Waals surface area contributed by atoms with Crippen molar-refractivity contribution in [1.29, 1.82) is 0 Å². The number of methoxy groups -OCH3 is 1. The zero-order valence-corrected chi connectivity index (χ0v) is 16.7. The lowest BCUT2D eigenvalue weighted by Crippen LogP contribution is -2.30. The van der Waals surface area contributed by atoms with Crippen LogP contribution in [0.3, 0.4) is 0 Å². The number of hydrogen-bond donors (Lipinski definition) is 0. The lowest BCUT2D eigenvalue weighted by Gasteiger charge is -2.17. The number of halogens is 1. The lowest BCUT2D eigenvalue weighted by molar-refractivity contribution is -0.385. The Balaban J connectivity index is 2.10. The second-order valence-corrected chi connectivity index (χ2v) is 6.16. The van der Waals surface area contributed by atoms with Gasteiger partial charge in [0.2, 0.25) is 0 Å². The van der Waals surface area contributed by atoms with Crippen molar-refractivity contribution < 1.29 is 33.1 Å². The summed E-state index contributed by atoms with van der Waals surface area (Å²) in [6.45, 7) is 1.50. The highest BCUT2D eigenvalue weighted by Gasteiger charge is 2.26. The zero-order chi connectivity index (χ0) is 22.3. The molecule has 0 aliphatic carbocycles. The standard InChI is InChI=1S/C20H21FN2O7/c1-4-29-18-9-15(16(23(26)27)10-17(18)28-3)20(25)30-12-19(24)22(2)11-13-5-7-14(21)8-6-13/h5-10H,4,11-12H2,1-3H3. The van der Waals surface area contributed by atoms with Crippen molar-refractivity contribution in [3.05, 3.63) is 63.5 Å². The Labute approximate surface area is 172 Å². The van der Waals surface area contributed by atoms with Crippen molar-refractivity contribution >= 4 is 17.6 Å². The fourth-order valence-corrected chi connectivity index (χ4v) is 2.56. The van der Waals surface area contributed by atoms with E-state index in [0.29, 0.717) is 5.56 Å².